The van der Waals surface area contributed by atoms with Crippen LogP contribution in [0.15, 0.2) is 61.2 Å². The Morgan fingerprint density at radius 3 is 2.66 bits per heavy atom. The van der Waals surface area contributed by atoms with E-state index < -0.39 is 0 Å². The minimum Gasteiger partial charge on any atom is -0.495 e. The van der Waals surface area contributed by atoms with Crippen LogP contribution < -0.4 is 15.4 Å². The number of hydrogen-bond acceptors (Lipinski definition) is 4. The van der Waals surface area contributed by atoms with Crippen molar-refractivity contribution in [1.82, 2.24) is 10.2 Å². The van der Waals surface area contributed by atoms with Gasteiger partial charge >= 0.3 is 0 Å². The first-order valence-corrected chi connectivity index (χ1v) is 10.6. The summed E-state index contributed by atoms with van der Waals surface area (Å²) in [6, 6.07) is 15.3. The molecule has 1 fully saturated rings. The molecule has 3 N–H and O–H groups in total. The van der Waals surface area contributed by atoms with Crippen molar-refractivity contribution in [2.45, 2.75) is 31.6 Å². The number of nitrogens with zero attached hydrogens (tertiary/aromatic N) is 1. The first-order valence-electron chi connectivity index (χ1n) is 10.6. The number of aromatic nitrogens is 2. The summed E-state index contributed by atoms with van der Waals surface area (Å²) in [5.74, 6) is 0.871. The Hall–Kier alpha value is -3.87. The van der Waals surface area contributed by atoms with Gasteiger partial charge in [0.1, 0.15) is 5.75 Å². The zero-order valence-corrected chi connectivity index (χ0v) is 18.1. The van der Waals surface area contributed by atoms with Crippen molar-refractivity contribution in [3.05, 3.63) is 72.4 Å². The summed E-state index contributed by atoms with van der Waals surface area (Å²) in [6.45, 7) is 5.34. The highest BCUT2D eigenvalue weighted by Crippen LogP contribution is 2.39. The first kappa shape index (κ1) is 21.4. The molecular formula is C25H26N4O3. The second kappa shape index (κ2) is 9.09. The van der Waals surface area contributed by atoms with Crippen molar-refractivity contribution in [2.24, 2.45) is 0 Å². The van der Waals surface area contributed by atoms with Gasteiger partial charge in [0.25, 0.3) is 0 Å². The van der Waals surface area contributed by atoms with Crippen LogP contribution in [0.4, 0.5) is 11.5 Å². The molecule has 1 unspecified atom stereocenters. The van der Waals surface area contributed by atoms with Crippen LogP contribution in [0.1, 0.15) is 42.9 Å². The van der Waals surface area contributed by atoms with Gasteiger partial charge in [-0.15, -0.1) is 0 Å². The summed E-state index contributed by atoms with van der Waals surface area (Å²) in [5.41, 5.74) is 4.39. The van der Waals surface area contributed by atoms with E-state index in [4.69, 9.17) is 4.74 Å². The highest BCUT2D eigenvalue weighted by Gasteiger charge is 2.26. The van der Waals surface area contributed by atoms with Gasteiger partial charge in [-0.05, 0) is 54.7 Å². The van der Waals surface area contributed by atoms with E-state index in [1.807, 2.05) is 49.4 Å². The second-order valence-electron chi connectivity index (χ2n) is 7.93. The predicted octanol–water partition coefficient (Wildman–Crippen LogP) is 4.83. The van der Waals surface area contributed by atoms with E-state index in [9.17, 15) is 9.59 Å². The molecule has 2 amide bonds. The standard InChI is InChI=1S/C25H26N4O3/c1-4-24(30)26-20-11-10-19(13-22(20)32-3)18-7-5-6-17(12-18)15(2)25(31)27-23-14-21(28-29-23)16-8-9-16/h4-7,10-16H,1,8-9H2,2-3H3,(H,26,30)(H2,27,28,29,31). The molecule has 4 rings (SSSR count). The van der Waals surface area contributed by atoms with Gasteiger partial charge in [0.2, 0.25) is 11.8 Å². The fraction of sp³-hybridized carbons (Fsp3) is 0.240. The maximum Gasteiger partial charge on any atom is 0.247 e. The number of methoxy groups -OCH3 is 1. The number of benzene rings is 2. The molecule has 7 nitrogen and oxygen atoms in total. The molecule has 1 aliphatic rings. The number of amides is 2. The van der Waals surface area contributed by atoms with Crippen molar-refractivity contribution in [3.63, 3.8) is 0 Å². The number of nitrogens with one attached hydrogen (secondary N) is 3. The zero-order chi connectivity index (χ0) is 22.7. The summed E-state index contributed by atoms with van der Waals surface area (Å²) in [4.78, 5) is 24.4. The molecule has 0 spiro atoms. The lowest BCUT2D eigenvalue weighted by molar-refractivity contribution is -0.117. The average Bonchev–Trinajstić information content (AvgIpc) is 3.57. The van der Waals surface area contributed by atoms with E-state index in [1.54, 1.807) is 13.2 Å². The van der Waals surface area contributed by atoms with E-state index in [2.05, 4.69) is 27.4 Å². The third kappa shape index (κ3) is 4.72. The minimum atomic E-state index is -0.357. The Morgan fingerprint density at radius 1 is 1.16 bits per heavy atom. The third-order valence-corrected chi connectivity index (χ3v) is 5.62. The molecular weight excluding hydrogens is 404 g/mol. The number of carbonyl (C=O) groups is 2. The van der Waals surface area contributed by atoms with Crippen LogP contribution in [0.3, 0.4) is 0 Å². The van der Waals surface area contributed by atoms with Gasteiger partial charge in [-0.2, -0.15) is 5.10 Å². The summed E-state index contributed by atoms with van der Waals surface area (Å²) in [5, 5.41) is 12.8. The molecule has 7 heteroatoms. The van der Waals surface area contributed by atoms with E-state index in [0.717, 1.165) is 22.4 Å². The molecule has 3 aromatic rings. The molecule has 32 heavy (non-hydrogen) atoms. The number of hydrogen-bond donors (Lipinski definition) is 3. The minimum absolute atomic E-state index is 0.115. The van der Waals surface area contributed by atoms with Crippen LogP contribution in [0.2, 0.25) is 0 Å². The van der Waals surface area contributed by atoms with E-state index >= 15 is 0 Å². The summed E-state index contributed by atoms with van der Waals surface area (Å²) in [7, 11) is 1.55. The topological polar surface area (TPSA) is 96.1 Å². The summed E-state index contributed by atoms with van der Waals surface area (Å²) >= 11 is 0. The van der Waals surface area contributed by atoms with Crippen molar-refractivity contribution < 1.29 is 14.3 Å². The monoisotopic (exact) mass is 430 g/mol. The quantitative estimate of drug-likeness (QED) is 0.446. The Balaban J connectivity index is 1.51. The molecule has 0 bridgehead atoms. The summed E-state index contributed by atoms with van der Waals surface area (Å²) in [6.07, 6.45) is 3.55. The van der Waals surface area contributed by atoms with Crippen molar-refractivity contribution >= 4 is 23.3 Å². The van der Waals surface area contributed by atoms with E-state index in [0.29, 0.717) is 23.2 Å². The molecule has 0 aliphatic heterocycles. The van der Waals surface area contributed by atoms with Gasteiger partial charge in [0.05, 0.1) is 18.7 Å². The van der Waals surface area contributed by atoms with Gasteiger partial charge in [0, 0.05) is 17.7 Å². The highest BCUT2D eigenvalue weighted by atomic mass is 16.5. The molecule has 1 aliphatic carbocycles. The predicted molar refractivity (Wildman–Crippen MR) is 125 cm³/mol. The highest BCUT2D eigenvalue weighted by molar-refractivity contribution is 6.00. The third-order valence-electron chi connectivity index (χ3n) is 5.62. The fourth-order valence-corrected chi connectivity index (χ4v) is 3.54. The van der Waals surface area contributed by atoms with Crippen LogP contribution >= 0.6 is 0 Å². The Bertz CT molecular complexity index is 1160. The Morgan fingerprint density at radius 2 is 1.94 bits per heavy atom. The van der Waals surface area contributed by atoms with E-state index in [-0.39, 0.29) is 17.7 Å². The maximum atomic E-state index is 12.8. The Kier molecular flexibility index (Phi) is 6.07. The molecule has 1 aromatic heterocycles. The van der Waals surface area contributed by atoms with Gasteiger partial charge in [-0.1, -0.05) is 36.9 Å². The lowest BCUT2D eigenvalue weighted by Gasteiger charge is -2.14. The molecule has 0 radical (unpaired) electrons. The van der Waals surface area contributed by atoms with Gasteiger partial charge in [-0.25, -0.2) is 0 Å². The molecule has 164 valence electrons. The van der Waals surface area contributed by atoms with Gasteiger partial charge < -0.3 is 15.4 Å². The average molecular weight is 431 g/mol. The lowest BCUT2D eigenvalue weighted by Crippen LogP contribution is -2.19. The van der Waals surface area contributed by atoms with Gasteiger partial charge in [-0.3, -0.25) is 14.7 Å². The maximum absolute atomic E-state index is 12.8. The SMILES string of the molecule is C=CC(=O)Nc1ccc(-c2cccc(C(C)C(=O)Nc3cc(C4CC4)[nH]n3)c2)cc1OC. The first-order chi connectivity index (χ1) is 15.5. The van der Waals surface area contributed by atoms with Crippen LogP contribution in [0.5, 0.6) is 5.75 Å². The second-order valence-corrected chi connectivity index (χ2v) is 7.93. The zero-order valence-electron chi connectivity index (χ0n) is 18.1. The molecule has 0 saturated heterocycles. The van der Waals surface area contributed by atoms with Crippen molar-refractivity contribution in [2.75, 3.05) is 17.7 Å². The Labute approximate surface area is 186 Å². The smallest absolute Gasteiger partial charge is 0.247 e. The largest absolute Gasteiger partial charge is 0.495 e. The number of aromatic amines is 1. The van der Waals surface area contributed by atoms with Crippen molar-refractivity contribution in [3.8, 4) is 16.9 Å². The lowest BCUT2D eigenvalue weighted by atomic mass is 9.95. The molecule has 2 aromatic carbocycles. The van der Waals surface area contributed by atoms with Crippen molar-refractivity contribution in [1.29, 1.82) is 0 Å². The van der Waals surface area contributed by atoms with E-state index in [1.165, 1.54) is 18.9 Å². The number of rotatable bonds is 8. The number of anilines is 2. The van der Waals surface area contributed by atoms with Crippen LogP contribution in [-0.2, 0) is 9.59 Å². The number of carbonyl (C=O) groups excluding carboxylic acids is 2. The number of ether oxygens (including phenoxy) is 1. The van der Waals surface area contributed by atoms with Crippen LogP contribution in [0, 0.1) is 0 Å². The molecule has 1 heterocycles. The van der Waals surface area contributed by atoms with Gasteiger partial charge in [0.15, 0.2) is 5.82 Å². The number of H-pyrrole nitrogens is 1. The normalized spacial score (nSPS) is 13.8. The molecule has 1 saturated carbocycles. The summed E-state index contributed by atoms with van der Waals surface area (Å²) < 4.78 is 5.44. The fourth-order valence-electron chi connectivity index (χ4n) is 3.54. The molecule has 1 atom stereocenters. The van der Waals surface area contributed by atoms with Crippen LogP contribution in [0.25, 0.3) is 11.1 Å². The van der Waals surface area contributed by atoms with Crippen LogP contribution in [-0.4, -0.2) is 29.1 Å².